The highest BCUT2D eigenvalue weighted by Gasteiger charge is 2.38. The van der Waals surface area contributed by atoms with Crippen molar-refractivity contribution < 1.29 is 32.3 Å². The Kier molecular flexibility index (Phi) is 4.74. The maximum atomic E-state index is 10.6. The molecule has 1 saturated heterocycles. The second kappa shape index (κ2) is 5.87. The number of halogens is 3. The van der Waals surface area contributed by atoms with Gasteiger partial charge in [0.05, 0.1) is 18.9 Å². The first-order chi connectivity index (χ1) is 8.30. The van der Waals surface area contributed by atoms with E-state index >= 15 is 0 Å². The van der Waals surface area contributed by atoms with Crippen molar-refractivity contribution in [3.05, 3.63) is 23.7 Å². The van der Waals surface area contributed by atoms with Crippen LogP contribution >= 0.6 is 0 Å². The zero-order chi connectivity index (χ0) is 13.8. The van der Waals surface area contributed by atoms with E-state index in [1.54, 1.807) is 6.26 Å². The number of aliphatic carboxylic acids is 1. The van der Waals surface area contributed by atoms with E-state index in [2.05, 4.69) is 5.48 Å². The molecule has 2 rings (SSSR count). The summed E-state index contributed by atoms with van der Waals surface area (Å²) in [7, 11) is 0. The molecule has 1 fully saturated rings. The average Bonchev–Trinajstić information content (AvgIpc) is 2.86. The van der Waals surface area contributed by atoms with Gasteiger partial charge in [-0.25, -0.2) is 4.79 Å². The van der Waals surface area contributed by atoms with Crippen molar-refractivity contribution in [1.82, 2.24) is 5.48 Å². The average molecular weight is 267 g/mol. The van der Waals surface area contributed by atoms with Gasteiger partial charge in [0.25, 0.3) is 0 Å². The lowest BCUT2D eigenvalue weighted by atomic mass is 10.1. The van der Waals surface area contributed by atoms with Crippen molar-refractivity contribution in [2.45, 2.75) is 25.6 Å². The Morgan fingerprint density at radius 3 is 2.50 bits per heavy atom. The first-order valence-electron chi connectivity index (χ1n) is 5.03. The summed E-state index contributed by atoms with van der Waals surface area (Å²) < 4.78 is 36.9. The normalized spacial score (nSPS) is 19.2. The molecule has 8 heteroatoms. The molecule has 0 spiro atoms. The predicted molar refractivity (Wildman–Crippen MR) is 53.6 cm³/mol. The maximum Gasteiger partial charge on any atom is 0.490 e. The molecule has 18 heavy (non-hydrogen) atoms. The van der Waals surface area contributed by atoms with Crippen molar-refractivity contribution in [3.63, 3.8) is 0 Å². The zero-order valence-electron chi connectivity index (χ0n) is 9.45. The van der Waals surface area contributed by atoms with Crippen LogP contribution in [0.4, 0.5) is 13.2 Å². The number of alkyl halides is 3. The molecule has 1 aliphatic heterocycles. The van der Waals surface area contributed by atoms with Gasteiger partial charge in [-0.05, 0) is 19.4 Å². The Morgan fingerprint density at radius 1 is 1.56 bits per heavy atom. The molecule has 1 unspecified atom stereocenters. The first-order valence-corrected chi connectivity index (χ1v) is 5.03. The van der Waals surface area contributed by atoms with Crippen LogP contribution in [-0.4, -0.2) is 23.9 Å². The van der Waals surface area contributed by atoms with Crippen LogP contribution in [0.15, 0.2) is 16.7 Å². The van der Waals surface area contributed by atoms with Crippen LogP contribution in [0.25, 0.3) is 0 Å². The largest absolute Gasteiger partial charge is 0.490 e. The lowest BCUT2D eigenvalue weighted by Crippen LogP contribution is -2.21. The van der Waals surface area contributed by atoms with Crippen LogP contribution in [-0.2, 0) is 9.63 Å². The highest BCUT2D eigenvalue weighted by Crippen LogP contribution is 2.22. The Balaban J connectivity index is 0.000000203. The topological polar surface area (TPSA) is 71.7 Å². The summed E-state index contributed by atoms with van der Waals surface area (Å²) in [5.74, 6) is -1.80. The molecule has 0 aliphatic carbocycles. The minimum absolute atomic E-state index is 0.326. The minimum Gasteiger partial charge on any atom is -0.475 e. The second-order valence-corrected chi connectivity index (χ2v) is 3.60. The van der Waals surface area contributed by atoms with Crippen molar-refractivity contribution in [2.75, 3.05) is 6.61 Å². The van der Waals surface area contributed by atoms with E-state index < -0.39 is 12.1 Å². The van der Waals surface area contributed by atoms with Crippen molar-refractivity contribution in [2.24, 2.45) is 0 Å². The van der Waals surface area contributed by atoms with Gasteiger partial charge in [-0.15, -0.1) is 0 Å². The lowest BCUT2D eigenvalue weighted by Gasteiger charge is -2.02. The Hall–Kier alpha value is -1.54. The fourth-order valence-corrected chi connectivity index (χ4v) is 1.28. The van der Waals surface area contributed by atoms with Gasteiger partial charge in [0.15, 0.2) is 0 Å². The van der Waals surface area contributed by atoms with Gasteiger partial charge in [0, 0.05) is 5.56 Å². The van der Waals surface area contributed by atoms with Crippen LogP contribution in [0.3, 0.4) is 0 Å². The highest BCUT2D eigenvalue weighted by atomic mass is 19.4. The third kappa shape index (κ3) is 4.38. The predicted octanol–water partition coefficient (Wildman–Crippen LogP) is 2.19. The van der Waals surface area contributed by atoms with Crippen molar-refractivity contribution in [3.8, 4) is 0 Å². The summed E-state index contributed by atoms with van der Waals surface area (Å²) >= 11 is 0. The number of rotatable bonds is 1. The van der Waals surface area contributed by atoms with Crippen molar-refractivity contribution >= 4 is 5.97 Å². The molecular formula is C10H12F3NO4. The Bertz CT molecular complexity index is 396. The van der Waals surface area contributed by atoms with Crippen LogP contribution in [0, 0.1) is 6.92 Å². The Morgan fingerprint density at radius 2 is 2.17 bits per heavy atom. The zero-order valence-corrected chi connectivity index (χ0v) is 9.45. The molecule has 102 valence electrons. The standard InChI is InChI=1S/C8H11NO2.C2HF3O2/c1-6-4-7(5-10-6)8-2-3-11-9-8;3-2(4,5)1(6)7/h4-5,8-9H,2-3H2,1H3;(H,6,7). The molecule has 0 radical (unpaired) electrons. The third-order valence-electron chi connectivity index (χ3n) is 2.13. The first kappa shape index (κ1) is 14.5. The van der Waals surface area contributed by atoms with Crippen LogP contribution < -0.4 is 5.48 Å². The molecule has 0 bridgehead atoms. The summed E-state index contributed by atoms with van der Waals surface area (Å²) in [6.45, 7) is 2.73. The van der Waals surface area contributed by atoms with Crippen LogP contribution in [0.2, 0.25) is 0 Å². The quantitative estimate of drug-likeness (QED) is 0.816. The molecular weight excluding hydrogens is 255 g/mol. The number of hydroxylamine groups is 1. The van der Waals surface area contributed by atoms with E-state index in [9.17, 15) is 13.2 Å². The summed E-state index contributed by atoms with van der Waals surface area (Å²) in [5.41, 5.74) is 4.11. The van der Waals surface area contributed by atoms with E-state index in [-0.39, 0.29) is 0 Å². The minimum atomic E-state index is -5.08. The number of carboxylic acid groups (broad SMARTS) is 1. The molecule has 1 aromatic heterocycles. The van der Waals surface area contributed by atoms with Gasteiger partial charge in [-0.2, -0.15) is 18.7 Å². The number of hydrogen-bond donors (Lipinski definition) is 2. The van der Waals surface area contributed by atoms with E-state index in [1.165, 1.54) is 5.56 Å². The fourth-order valence-electron chi connectivity index (χ4n) is 1.28. The number of hydrogen-bond acceptors (Lipinski definition) is 4. The molecule has 0 amide bonds. The van der Waals surface area contributed by atoms with Crippen LogP contribution in [0.5, 0.6) is 0 Å². The summed E-state index contributed by atoms with van der Waals surface area (Å²) in [6, 6.07) is 2.36. The number of carboxylic acids is 1. The van der Waals surface area contributed by atoms with E-state index in [1.807, 2.05) is 13.0 Å². The number of aryl methyl sites for hydroxylation is 1. The second-order valence-electron chi connectivity index (χ2n) is 3.60. The number of furan rings is 1. The van der Waals surface area contributed by atoms with Gasteiger partial charge in [0.1, 0.15) is 5.76 Å². The monoisotopic (exact) mass is 267 g/mol. The number of nitrogens with one attached hydrogen (secondary N) is 1. The van der Waals surface area contributed by atoms with Gasteiger partial charge in [0.2, 0.25) is 0 Å². The molecule has 0 saturated carbocycles. The highest BCUT2D eigenvalue weighted by molar-refractivity contribution is 5.73. The number of carbonyl (C=O) groups is 1. The van der Waals surface area contributed by atoms with E-state index in [0.29, 0.717) is 6.04 Å². The van der Waals surface area contributed by atoms with Crippen LogP contribution in [0.1, 0.15) is 23.8 Å². The van der Waals surface area contributed by atoms with Gasteiger partial charge in [-0.1, -0.05) is 0 Å². The smallest absolute Gasteiger partial charge is 0.475 e. The van der Waals surface area contributed by atoms with E-state index in [4.69, 9.17) is 19.2 Å². The molecule has 1 atom stereocenters. The fraction of sp³-hybridized carbons (Fsp3) is 0.500. The molecule has 5 nitrogen and oxygen atoms in total. The van der Waals surface area contributed by atoms with Gasteiger partial charge < -0.3 is 14.4 Å². The summed E-state index contributed by atoms with van der Waals surface area (Å²) in [5, 5.41) is 7.12. The molecule has 0 aromatic carbocycles. The SMILES string of the molecule is Cc1cc(C2CCON2)co1.O=C(O)C(F)(F)F. The molecule has 1 aliphatic rings. The lowest BCUT2D eigenvalue weighted by molar-refractivity contribution is -0.192. The van der Waals surface area contributed by atoms with Crippen molar-refractivity contribution in [1.29, 1.82) is 0 Å². The Labute approximate surface area is 100 Å². The molecule has 2 N–H and O–H groups in total. The van der Waals surface area contributed by atoms with Gasteiger partial charge in [-0.3, -0.25) is 0 Å². The third-order valence-corrected chi connectivity index (χ3v) is 2.13. The summed E-state index contributed by atoms with van der Waals surface area (Å²) in [4.78, 5) is 13.9. The maximum absolute atomic E-state index is 10.6. The molecule has 1 aromatic rings. The van der Waals surface area contributed by atoms with Gasteiger partial charge >= 0.3 is 12.1 Å². The van der Waals surface area contributed by atoms with E-state index in [0.717, 1.165) is 18.8 Å². The summed E-state index contributed by atoms with van der Waals surface area (Å²) in [6.07, 6.45) is -2.28. The molecule has 2 heterocycles.